The monoisotopic (exact) mass is 362 g/mol. The summed E-state index contributed by atoms with van der Waals surface area (Å²) in [5.74, 6) is 0.158. The lowest BCUT2D eigenvalue weighted by molar-refractivity contribution is -0.117. The maximum atomic E-state index is 12.5. The highest BCUT2D eigenvalue weighted by atomic mass is 16.2. The SMILES string of the molecule is Cc1ccc(NC(=O)C2CC2)cc1NC(=O)N(C)Cc1cccc(C#N)c1. The van der Waals surface area contributed by atoms with Crippen LogP contribution in [-0.2, 0) is 11.3 Å². The summed E-state index contributed by atoms with van der Waals surface area (Å²) in [6, 6.07) is 14.5. The van der Waals surface area contributed by atoms with Gasteiger partial charge in [0.05, 0.1) is 11.6 Å². The Morgan fingerprint density at radius 3 is 2.67 bits per heavy atom. The number of hydrogen-bond acceptors (Lipinski definition) is 3. The van der Waals surface area contributed by atoms with Gasteiger partial charge in [0.25, 0.3) is 0 Å². The van der Waals surface area contributed by atoms with Crippen molar-refractivity contribution in [3.8, 4) is 6.07 Å². The molecule has 6 nitrogen and oxygen atoms in total. The molecule has 6 heteroatoms. The molecule has 0 spiro atoms. The first-order valence-corrected chi connectivity index (χ1v) is 8.89. The number of amides is 3. The molecule has 3 rings (SSSR count). The first-order chi connectivity index (χ1) is 13.0. The Bertz CT molecular complexity index is 913. The zero-order valence-corrected chi connectivity index (χ0v) is 15.5. The van der Waals surface area contributed by atoms with Gasteiger partial charge in [-0.1, -0.05) is 18.2 Å². The molecule has 1 aliphatic rings. The molecule has 1 saturated carbocycles. The molecule has 0 aromatic heterocycles. The predicted molar refractivity (Wildman–Crippen MR) is 104 cm³/mol. The van der Waals surface area contributed by atoms with Crippen molar-refractivity contribution in [2.45, 2.75) is 26.3 Å². The third-order valence-corrected chi connectivity index (χ3v) is 4.52. The lowest BCUT2D eigenvalue weighted by Gasteiger charge is -2.19. The molecule has 0 aliphatic heterocycles. The molecule has 2 aromatic carbocycles. The van der Waals surface area contributed by atoms with Crippen LogP contribution < -0.4 is 10.6 Å². The highest BCUT2D eigenvalue weighted by Crippen LogP contribution is 2.30. The van der Waals surface area contributed by atoms with E-state index in [1.165, 1.54) is 0 Å². The zero-order valence-electron chi connectivity index (χ0n) is 15.5. The van der Waals surface area contributed by atoms with Crippen LogP contribution in [0.25, 0.3) is 0 Å². The molecule has 0 unspecified atom stereocenters. The smallest absolute Gasteiger partial charge is 0.321 e. The van der Waals surface area contributed by atoms with Gasteiger partial charge in [0.2, 0.25) is 5.91 Å². The minimum Gasteiger partial charge on any atom is -0.326 e. The molecule has 1 aliphatic carbocycles. The normalized spacial score (nSPS) is 12.8. The molecular formula is C21H22N4O2. The number of aryl methyl sites for hydroxylation is 1. The second-order valence-electron chi connectivity index (χ2n) is 6.89. The topological polar surface area (TPSA) is 85.2 Å². The van der Waals surface area contributed by atoms with E-state index in [9.17, 15) is 9.59 Å². The van der Waals surface area contributed by atoms with Gasteiger partial charge < -0.3 is 15.5 Å². The van der Waals surface area contributed by atoms with Crippen molar-refractivity contribution >= 4 is 23.3 Å². The van der Waals surface area contributed by atoms with Crippen LogP contribution in [0.1, 0.15) is 29.5 Å². The molecule has 0 radical (unpaired) electrons. The van der Waals surface area contributed by atoms with Crippen LogP contribution in [0.5, 0.6) is 0 Å². The van der Waals surface area contributed by atoms with Gasteiger partial charge in [0.1, 0.15) is 0 Å². The number of urea groups is 1. The highest BCUT2D eigenvalue weighted by Gasteiger charge is 2.29. The van der Waals surface area contributed by atoms with E-state index in [0.717, 1.165) is 24.0 Å². The average molecular weight is 362 g/mol. The fourth-order valence-electron chi connectivity index (χ4n) is 2.72. The molecule has 0 atom stereocenters. The van der Waals surface area contributed by atoms with Crippen molar-refractivity contribution < 1.29 is 9.59 Å². The maximum absolute atomic E-state index is 12.5. The van der Waals surface area contributed by atoms with E-state index in [1.54, 1.807) is 36.2 Å². The Hall–Kier alpha value is -3.33. The quantitative estimate of drug-likeness (QED) is 0.846. The van der Waals surface area contributed by atoms with Crippen LogP contribution in [0.2, 0.25) is 0 Å². The molecular weight excluding hydrogens is 340 g/mol. The lowest BCUT2D eigenvalue weighted by atomic mass is 10.1. The first-order valence-electron chi connectivity index (χ1n) is 8.89. The predicted octanol–water partition coefficient (Wildman–Crippen LogP) is 3.88. The summed E-state index contributed by atoms with van der Waals surface area (Å²) in [5, 5.41) is 14.8. The van der Waals surface area contributed by atoms with E-state index >= 15 is 0 Å². The van der Waals surface area contributed by atoms with E-state index in [1.807, 2.05) is 25.1 Å². The van der Waals surface area contributed by atoms with E-state index in [-0.39, 0.29) is 17.9 Å². The summed E-state index contributed by atoms with van der Waals surface area (Å²) < 4.78 is 0. The van der Waals surface area contributed by atoms with Crippen LogP contribution in [0, 0.1) is 24.2 Å². The Kier molecular flexibility index (Phi) is 5.41. The standard InChI is InChI=1S/C21H22N4O2/c1-14-6-9-18(23-20(26)17-7-8-17)11-19(14)24-21(27)25(2)13-16-5-3-4-15(10-16)12-22/h3-6,9-11,17H,7-8,13H2,1-2H3,(H,23,26)(H,24,27). The number of anilines is 2. The van der Waals surface area contributed by atoms with Crippen LogP contribution >= 0.6 is 0 Å². The number of carbonyl (C=O) groups is 2. The van der Waals surface area contributed by atoms with Gasteiger partial charge in [0, 0.05) is 30.9 Å². The molecule has 0 heterocycles. The molecule has 0 saturated heterocycles. The number of rotatable bonds is 5. The fraction of sp³-hybridized carbons (Fsp3) is 0.286. The highest BCUT2D eigenvalue weighted by molar-refractivity contribution is 5.96. The number of carbonyl (C=O) groups excluding carboxylic acids is 2. The summed E-state index contributed by atoms with van der Waals surface area (Å²) in [7, 11) is 1.70. The summed E-state index contributed by atoms with van der Waals surface area (Å²) in [4.78, 5) is 26.0. The van der Waals surface area contributed by atoms with Crippen molar-refractivity contribution in [3.05, 3.63) is 59.2 Å². The van der Waals surface area contributed by atoms with E-state index in [4.69, 9.17) is 5.26 Å². The summed E-state index contributed by atoms with van der Waals surface area (Å²) >= 11 is 0. The molecule has 2 N–H and O–H groups in total. The molecule has 1 fully saturated rings. The van der Waals surface area contributed by atoms with Gasteiger partial charge in [-0.3, -0.25) is 4.79 Å². The Balaban J connectivity index is 1.65. The van der Waals surface area contributed by atoms with Crippen LogP contribution in [-0.4, -0.2) is 23.9 Å². The first kappa shape index (κ1) is 18.5. The largest absolute Gasteiger partial charge is 0.326 e. The number of hydrogen-bond donors (Lipinski definition) is 2. The molecule has 3 amide bonds. The Morgan fingerprint density at radius 2 is 1.96 bits per heavy atom. The Morgan fingerprint density at radius 1 is 1.19 bits per heavy atom. The van der Waals surface area contributed by atoms with Crippen molar-refractivity contribution in [3.63, 3.8) is 0 Å². The minimum atomic E-state index is -0.258. The van der Waals surface area contributed by atoms with Crippen LogP contribution in [0.15, 0.2) is 42.5 Å². The van der Waals surface area contributed by atoms with Gasteiger partial charge in [0.15, 0.2) is 0 Å². The van der Waals surface area contributed by atoms with Gasteiger partial charge in [-0.05, 0) is 55.2 Å². The Labute approximate surface area is 158 Å². The summed E-state index contributed by atoms with van der Waals surface area (Å²) in [6.07, 6.45) is 1.89. The number of nitrogens with one attached hydrogen (secondary N) is 2. The number of nitrogens with zero attached hydrogens (tertiary/aromatic N) is 2. The third-order valence-electron chi connectivity index (χ3n) is 4.52. The average Bonchev–Trinajstić information content (AvgIpc) is 3.49. The van der Waals surface area contributed by atoms with E-state index in [0.29, 0.717) is 23.5 Å². The lowest BCUT2D eigenvalue weighted by Crippen LogP contribution is -2.31. The van der Waals surface area contributed by atoms with Gasteiger partial charge >= 0.3 is 6.03 Å². The molecule has 2 aromatic rings. The minimum absolute atomic E-state index is 0.0330. The molecule has 27 heavy (non-hydrogen) atoms. The van der Waals surface area contributed by atoms with Crippen molar-refractivity contribution in [1.82, 2.24) is 4.90 Å². The number of benzene rings is 2. The van der Waals surface area contributed by atoms with E-state index in [2.05, 4.69) is 16.7 Å². The van der Waals surface area contributed by atoms with Gasteiger partial charge in [-0.2, -0.15) is 5.26 Å². The van der Waals surface area contributed by atoms with Crippen LogP contribution in [0.3, 0.4) is 0 Å². The molecule has 0 bridgehead atoms. The summed E-state index contributed by atoms with van der Waals surface area (Å²) in [5.41, 5.74) is 3.70. The fourth-order valence-corrected chi connectivity index (χ4v) is 2.72. The van der Waals surface area contributed by atoms with Crippen molar-refractivity contribution in [1.29, 1.82) is 5.26 Å². The van der Waals surface area contributed by atoms with Gasteiger partial charge in [-0.25, -0.2) is 4.79 Å². The van der Waals surface area contributed by atoms with Gasteiger partial charge in [-0.15, -0.1) is 0 Å². The van der Waals surface area contributed by atoms with Crippen LogP contribution in [0.4, 0.5) is 16.2 Å². The van der Waals surface area contributed by atoms with Crippen molar-refractivity contribution in [2.75, 3.05) is 17.7 Å². The van der Waals surface area contributed by atoms with Crippen molar-refractivity contribution in [2.24, 2.45) is 5.92 Å². The number of nitriles is 1. The van der Waals surface area contributed by atoms with E-state index < -0.39 is 0 Å². The third kappa shape index (κ3) is 4.85. The second kappa shape index (κ2) is 7.92. The molecule has 138 valence electrons. The zero-order chi connectivity index (χ0) is 19.4. The summed E-state index contributed by atoms with van der Waals surface area (Å²) in [6.45, 7) is 2.29. The second-order valence-corrected chi connectivity index (χ2v) is 6.89. The maximum Gasteiger partial charge on any atom is 0.321 e.